The molecule has 0 amide bonds. The Morgan fingerprint density at radius 3 is 3.14 bits per heavy atom. The molecular formula is C14H17N7. The molecule has 0 bridgehead atoms. The molecule has 0 unspecified atom stereocenters. The molecule has 21 heavy (non-hydrogen) atoms. The van der Waals surface area contributed by atoms with Gasteiger partial charge >= 0.3 is 0 Å². The van der Waals surface area contributed by atoms with Gasteiger partial charge in [0.15, 0.2) is 11.3 Å². The van der Waals surface area contributed by atoms with Gasteiger partial charge in [-0.25, -0.2) is 15.5 Å². The summed E-state index contributed by atoms with van der Waals surface area (Å²) < 4.78 is 2.13. The Hall–Kier alpha value is -2.44. The number of hydrogen-bond donors (Lipinski definition) is 2. The maximum atomic E-state index is 7.31. The van der Waals surface area contributed by atoms with E-state index in [1.807, 2.05) is 18.5 Å². The molecule has 3 aromatic rings. The number of anilines is 1. The van der Waals surface area contributed by atoms with E-state index in [1.54, 1.807) is 6.20 Å². The summed E-state index contributed by atoms with van der Waals surface area (Å²) in [5.41, 5.74) is 10.0. The minimum atomic E-state index is 0.0871. The van der Waals surface area contributed by atoms with Crippen molar-refractivity contribution in [2.24, 2.45) is 5.11 Å². The van der Waals surface area contributed by atoms with Crippen LogP contribution in [-0.2, 0) is 0 Å². The normalized spacial score (nSPS) is 22.4. The van der Waals surface area contributed by atoms with Crippen LogP contribution in [0.15, 0.2) is 29.8 Å². The Morgan fingerprint density at radius 2 is 2.33 bits per heavy atom. The third-order valence-electron chi connectivity index (χ3n) is 4.36. The van der Waals surface area contributed by atoms with Crippen molar-refractivity contribution in [1.82, 2.24) is 19.4 Å². The highest BCUT2D eigenvalue weighted by Crippen LogP contribution is 2.30. The number of H-pyrrole nitrogens is 1. The van der Waals surface area contributed by atoms with Gasteiger partial charge in [-0.2, -0.15) is 5.11 Å². The molecule has 7 heteroatoms. The maximum absolute atomic E-state index is 7.31. The van der Waals surface area contributed by atoms with Gasteiger partial charge in [-0.3, -0.25) is 4.40 Å². The third-order valence-corrected chi connectivity index (χ3v) is 4.36. The number of rotatable bonds is 3. The zero-order valence-electron chi connectivity index (χ0n) is 11.8. The predicted molar refractivity (Wildman–Crippen MR) is 79.8 cm³/mol. The molecule has 0 radical (unpaired) electrons. The fourth-order valence-electron chi connectivity index (χ4n) is 3.31. The number of fused-ring (bicyclic) bond motifs is 3. The summed E-state index contributed by atoms with van der Waals surface area (Å²) in [5.74, 6) is 1.06. The molecule has 0 aromatic carbocycles. The van der Waals surface area contributed by atoms with Gasteiger partial charge in [0.1, 0.15) is 5.82 Å². The number of aromatic nitrogens is 4. The molecule has 4 rings (SSSR count). The van der Waals surface area contributed by atoms with Gasteiger partial charge in [0.2, 0.25) is 0 Å². The number of nitrogens with one attached hydrogen (secondary N) is 2. The second-order valence-electron chi connectivity index (χ2n) is 5.51. The van der Waals surface area contributed by atoms with Crippen molar-refractivity contribution in [3.05, 3.63) is 24.7 Å². The highest BCUT2D eigenvalue weighted by molar-refractivity contribution is 5.77. The van der Waals surface area contributed by atoms with Crippen LogP contribution >= 0.6 is 0 Å². The summed E-state index contributed by atoms with van der Waals surface area (Å²) in [6.07, 6.45) is 7.56. The summed E-state index contributed by atoms with van der Waals surface area (Å²) in [5, 5.41) is 3.74. The van der Waals surface area contributed by atoms with Crippen molar-refractivity contribution < 1.29 is 0 Å². The first-order valence-corrected chi connectivity index (χ1v) is 7.24. The third kappa shape index (κ3) is 1.73. The summed E-state index contributed by atoms with van der Waals surface area (Å²) in [7, 11) is 0. The number of imidazole rings is 1. The zero-order chi connectivity index (χ0) is 14.4. The molecule has 7 nitrogen and oxygen atoms in total. The van der Waals surface area contributed by atoms with Crippen molar-refractivity contribution in [2.75, 3.05) is 11.4 Å². The van der Waals surface area contributed by atoms with E-state index < -0.39 is 0 Å². The fourth-order valence-corrected chi connectivity index (χ4v) is 3.31. The van der Waals surface area contributed by atoms with Gasteiger partial charge in [-0.05, 0) is 18.9 Å². The second-order valence-corrected chi connectivity index (χ2v) is 5.51. The predicted octanol–water partition coefficient (Wildman–Crippen LogP) is 2.60. The maximum Gasteiger partial charge on any atom is 0.157 e. The van der Waals surface area contributed by atoms with E-state index in [2.05, 4.69) is 36.3 Å². The number of hydrogen-bond acceptors (Lipinski definition) is 5. The molecule has 1 saturated heterocycles. The highest BCUT2D eigenvalue weighted by atomic mass is 15.3. The lowest BCUT2D eigenvalue weighted by atomic mass is 10.1. The lowest BCUT2D eigenvalue weighted by molar-refractivity contribution is 0.607. The van der Waals surface area contributed by atoms with Crippen LogP contribution in [0.4, 0.5) is 5.82 Å². The van der Waals surface area contributed by atoms with E-state index in [0.717, 1.165) is 42.0 Å². The van der Waals surface area contributed by atoms with Gasteiger partial charge in [-0.1, -0.05) is 6.92 Å². The van der Waals surface area contributed by atoms with Gasteiger partial charge in [0.05, 0.1) is 24.0 Å². The largest absolute Gasteiger partial charge is 0.351 e. The number of nitrogens with zero attached hydrogens (tertiary/aromatic N) is 5. The molecule has 1 aliphatic rings. The summed E-state index contributed by atoms with van der Waals surface area (Å²) in [6.45, 7) is 2.96. The smallest absolute Gasteiger partial charge is 0.157 e. The summed E-state index contributed by atoms with van der Waals surface area (Å²) in [4.78, 5) is 14.3. The molecule has 108 valence electrons. The monoisotopic (exact) mass is 283 g/mol. The van der Waals surface area contributed by atoms with Gasteiger partial charge in [0.25, 0.3) is 0 Å². The Bertz CT molecular complexity index is 802. The minimum absolute atomic E-state index is 0.0871. The van der Waals surface area contributed by atoms with Crippen LogP contribution in [0.5, 0.6) is 0 Å². The number of aromatic amines is 1. The van der Waals surface area contributed by atoms with Crippen LogP contribution in [0.1, 0.15) is 19.8 Å². The first-order chi connectivity index (χ1) is 10.3. The Balaban J connectivity index is 1.89. The quantitative estimate of drug-likeness (QED) is 0.724. The van der Waals surface area contributed by atoms with Crippen LogP contribution in [-0.4, -0.2) is 38.0 Å². The Labute approximate surface area is 121 Å². The molecule has 2 atom stereocenters. The van der Waals surface area contributed by atoms with Crippen molar-refractivity contribution in [3.63, 3.8) is 0 Å². The molecule has 1 fully saturated rings. The van der Waals surface area contributed by atoms with E-state index in [9.17, 15) is 0 Å². The van der Waals surface area contributed by atoms with Crippen LogP contribution < -0.4 is 4.90 Å². The zero-order valence-corrected chi connectivity index (χ0v) is 11.8. The Kier molecular flexibility index (Phi) is 2.66. The van der Waals surface area contributed by atoms with E-state index in [1.165, 1.54) is 0 Å². The standard InChI is InChI=1S/C14H17N7/c1-2-10-5-9(19-15)8-20(10)13-7-17-12-6-18-14-11(21(12)13)3-4-16-14/h3-4,6-7,9-10,15-16H,2,5,8H2,1H3/t9-,10+/m0/s1. The lowest BCUT2D eigenvalue weighted by Crippen LogP contribution is -2.30. The van der Waals surface area contributed by atoms with Crippen LogP contribution in [0, 0.1) is 5.53 Å². The topological polar surface area (TPSA) is 85.4 Å². The van der Waals surface area contributed by atoms with Crippen LogP contribution in [0.25, 0.3) is 16.8 Å². The highest BCUT2D eigenvalue weighted by Gasteiger charge is 2.32. The average molecular weight is 283 g/mol. The van der Waals surface area contributed by atoms with Crippen LogP contribution in [0.3, 0.4) is 0 Å². The SMILES string of the molecule is CC[C@@H]1C[C@H](N=N)CN1c1cnc2cnc3[nH]ccc3n12. The van der Waals surface area contributed by atoms with E-state index in [-0.39, 0.29) is 6.04 Å². The van der Waals surface area contributed by atoms with Crippen molar-refractivity contribution in [1.29, 1.82) is 5.53 Å². The van der Waals surface area contributed by atoms with Crippen molar-refractivity contribution in [3.8, 4) is 0 Å². The molecule has 0 spiro atoms. The molecule has 0 saturated carbocycles. The van der Waals surface area contributed by atoms with Crippen molar-refractivity contribution >= 4 is 22.6 Å². The minimum Gasteiger partial charge on any atom is -0.351 e. The van der Waals surface area contributed by atoms with E-state index >= 15 is 0 Å². The first kappa shape index (κ1) is 12.3. The van der Waals surface area contributed by atoms with Gasteiger partial charge < -0.3 is 9.88 Å². The molecular weight excluding hydrogens is 266 g/mol. The lowest BCUT2D eigenvalue weighted by Gasteiger charge is -2.24. The molecule has 0 aliphatic carbocycles. The van der Waals surface area contributed by atoms with Crippen LogP contribution in [0.2, 0.25) is 0 Å². The van der Waals surface area contributed by atoms with E-state index in [4.69, 9.17) is 5.53 Å². The summed E-state index contributed by atoms with van der Waals surface area (Å²) in [6, 6.07) is 2.51. The van der Waals surface area contributed by atoms with Crippen molar-refractivity contribution in [2.45, 2.75) is 31.8 Å². The first-order valence-electron chi connectivity index (χ1n) is 7.24. The molecule has 3 aromatic heterocycles. The van der Waals surface area contributed by atoms with E-state index in [0.29, 0.717) is 6.04 Å². The molecule has 2 N–H and O–H groups in total. The van der Waals surface area contributed by atoms with Gasteiger partial charge in [-0.15, -0.1) is 0 Å². The summed E-state index contributed by atoms with van der Waals surface area (Å²) >= 11 is 0. The Morgan fingerprint density at radius 1 is 1.43 bits per heavy atom. The molecule has 1 aliphatic heterocycles. The van der Waals surface area contributed by atoms with Gasteiger partial charge in [0, 0.05) is 18.8 Å². The fraction of sp³-hybridized carbons (Fsp3) is 0.429. The molecule has 4 heterocycles. The second kappa shape index (κ2) is 4.54. The average Bonchev–Trinajstić information content (AvgIpc) is 3.22.